The van der Waals surface area contributed by atoms with E-state index in [4.69, 9.17) is 0 Å². The number of carbonyl (C=O) groups excluding carboxylic acids is 1. The summed E-state index contributed by atoms with van der Waals surface area (Å²) in [5, 5.41) is 2.59. The van der Waals surface area contributed by atoms with Gasteiger partial charge in [0.15, 0.2) is 0 Å². The van der Waals surface area contributed by atoms with Gasteiger partial charge in [0, 0.05) is 17.4 Å². The fourth-order valence-electron chi connectivity index (χ4n) is 1.31. The van der Waals surface area contributed by atoms with Gasteiger partial charge in [0.05, 0.1) is 5.56 Å². The van der Waals surface area contributed by atoms with Crippen molar-refractivity contribution in [3.63, 3.8) is 0 Å². The van der Waals surface area contributed by atoms with Gasteiger partial charge in [-0.05, 0) is 25.0 Å². The van der Waals surface area contributed by atoms with E-state index in [1.165, 1.54) is 13.0 Å². The van der Waals surface area contributed by atoms with E-state index in [2.05, 4.69) is 21.2 Å². The predicted octanol–water partition coefficient (Wildman–Crippen LogP) is 3.18. The molecule has 1 aromatic carbocycles. The van der Waals surface area contributed by atoms with Gasteiger partial charge in [0.2, 0.25) is 0 Å². The largest absolute Gasteiger partial charge is 0.352 e. The minimum atomic E-state index is -0.836. The second-order valence-electron chi connectivity index (χ2n) is 3.91. The van der Waals surface area contributed by atoms with Gasteiger partial charge in [-0.2, -0.15) is 0 Å². The summed E-state index contributed by atoms with van der Waals surface area (Å²) < 4.78 is 26.4. The standard InChI is InChI=1S/C12H14BrF2NO/c1-7-5-9(11(15)6-10(7)14)12(17)16-4-3-8(2)13/h5-6,8H,3-4H2,1-2H3,(H,16,17). The molecular formula is C12H14BrF2NO. The highest BCUT2D eigenvalue weighted by Gasteiger charge is 2.14. The lowest BCUT2D eigenvalue weighted by molar-refractivity contribution is 0.0949. The third-order valence-electron chi connectivity index (χ3n) is 2.32. The van der Waals surface area contributed by atoms with E-state index in [1.54, 1.807) is 0 Å². The molecule has 0 heterocycles. The first kappa shape index (κ1) is 14.1. The number of aryl methyl sites for hydroxylation is 1. The summed E-state index contributed by atoms with van der Waals surface area (Å²) in [6, 6.07) is 1.95. The van der Waals surface area contributed by atoms with Crippen molar-refractivity contribution in [2.45, 2.75) is 25.1 Å². The Hall–Kier alpha value is -0.970. The molecule has 0 radical (unpaired) electrons. The van der Waals surface area contributed by atoms with E-state index in [0.29, 0.717) is 6.54 Å². The van der Waals surface area contributed by atoms with Gasteiger partial charge in [-0.1, -0.05) is 22.9 Å². The predicted molar refractivity (Wildman–Crippen MR) is 66.4 cm³/mol. The van der Waals surface area contributed by atoms with Crippen molar-refractivity contribution in [1.29, 1.82) is 0 Å². The topological polar surface area (TPSA) is 29.1 Å². The number of hydrogen-bond donors (Lipinski definition) is 1. The molecule has 0 aromatic heterocycles. The van der Waals surface area contributed by atoms with Gasteiger partial charge in [-0.25, -0.2) is 8.78 Å². The quantitative estimate of drug-likeness (QED) is 0.851. The number of amides is 1. The van der Waals surface area contributed by atoms with Crippen LogP contribution >= 0.6 is 15.9 Å². The lowest BCUT2D eigenvalue weighted by atomic mass is 10.1. The molecule has 1 unspecified atom stereocenters. The summed E-state index contributed by atoms with van der Waals surface area (Å²) in [6.45, 7) is 3.89. The SMILES string of the molecule is Cc1cc(C(=O)NCCC(C)Br)c(F)cc1F. The molecule has 0 saturated heterocycles. The summed E-state index contributed by atoms with van der Waals surface area (Å²) in [7, 11) is 0. The van der Waals surface area contributed by atoms with Crippen molar-refractivity contribution in [3.05, 3.63) is 34.9 Å². The minimum absolute atomic E-state index is 0.119. The van der Waals surface area contributed by atoms with E-state index in [-0.39, 0.29) is 16.0 Å². The van der Waals surface area contributed by atoms with Crippen LogP contribution in [0.3, 0.4) is 0 Å². The Morgan fingerprint density at radius 3 is 2.65 bits per heavy atom. The van der Waals surface area contributed by atoms with E-state index in [9.17, 15) is 13.6 Å². The lowest BCUT2D eigenvalue weighted by Gasteiger charge is -2.08. The Morgan fingerprint density at radius 2 is 2.06 bits per heavy atom. The average Bonchev–Trinajstić information content (AvgIpc) is 2.22. The molecule has 0 aliphatic rings. The van der Waals surface area contributed by atoms with E-state index in [1.807, 2.05) is 6.92 Å². The number of rotatable bonds is 4. The summed E-state index contributed by atoms with van der Waals surface area (Å²) in [6.07, 6.45) is 0.744. The lowest BCUT2D eigenvalue weighted by Crippen LogP contribution is -2.26. The zero-order chi connectivity index (χ0) is 13.0. The maximum Gasteiger partial charge on any atom is 0.254 e. The number of alkyl halides is 1. The zero-order valence-electron chi connectivity index (χ0n) is 9.69. The van der Waals surface area contributed by atoms with Crippen molar-refractivity contribution in [2.24, 2.45) is 0 Å². The number of hydrogen-bond acceptors (Lipinski definition) is 1. The average molecular weight is 306 g/mol. The van der Waals surface area contributed by atoms with Crippen LogP contribution in [-0.2, 0) is 0 Å². The van der Waals surface area contributed by atoms with Gasteiger partial charge in [0.25, 0.3) is 5.91 Å². The first-order chi connectivity index (χ1) is 7.91. The van der Waals surface area contributed by atoms with E-state index >= 15 is 0 Å². The molecular weight excluding hydrogens is 292 g/mol. The normalized spacial score (nSPS) is 12.3. The van der Waals surface area contributed by atoms with Crippen LogP contribution in [-0.4, -0.2) is 17.3 Å². The van der Waals surface area contributed by atoms with Gasteiger partial charge >= 0.3 is 0 Å². The smallest absolute Gasteiger partial charge is 0.254 e. The first-order valence-corrected chi connectivity index (χ1v) is 6.21. The van der Waals surface area contributed by atoms with Crippen LogP contribution in [0.15, 0.2) is 12.1 Å². The monoisotopic (exact) mass is 305 g/mol. The maximum atomic E-state index is 13.4. The molecule has 1 N–H and O–H groups in total. The number of nitrogens with one attached hydrogen (secondary N) is 1. The van der Waals surface area contributed by atoms with Crippen molar-refractivity contribution in [3.8, 4) is 0 Å². The summed E-state index contributed by atoms with van der Waals surface area (Å²) >= 11 is 3.34. The minimum Gasteiger partial charge on any atom is -0.352 e. The van der Waals surface area contributed by atoms with Crippen LogP contribution < -0.4 is 5.32 Å². The molecule has 17 heavy (non-hydrogen) atoms. The van der Waals surface area contributed by atoms with Gasteiger partial charge in [0.1, 0.15) is 11.6 Å². The molecule has 94 valence electrons. The fourth-order valence-corrected chi connectivity index (χ4v) is 1.54. The molecule has 0 aliphatic heterocycles. The van der Waals surface area contributed by atoms with Crippen molar-refractivity contribution >= 4 is 21.8 Å². The van der Waals surface area contributed by atoms with Crippen LogP contribution in [0.4, 0.5) is 8.78 Å². The van der Waals surface area contributed by atoms with Crippen LogP contribution in [0.2, 0.25) is 0 Å². The maximum absolute atomic E-state index is 13.4. The molecule has 0 fully saturated rings. The van der Waals surface area contributed by atoms with Crippen LogP contribution in [0.5, 0.6) is 0 Å². The molecule has 1 rings (SSSR count). The Labute approximate surface area is 108 Å². The molecule has 1 aromatic rings. The Kier molecular flexibility index (Phi) is 5.05. The molecule has 0 aliphatic carbocycles. The molecule has 1 atom stereocenters. The van der Waals surface area contributed by atoms with Crippen molar-refractivity contribution < 1.29 is 13.6 Å². The van der Waals surface area contributed by atoms with E-state index < -0.39 is 17.5 Å². The second kappa shape index (κ2) is 6.10. The summed E-state index contributed by atoms with van der Waals surface area (Å²) in [4.78, 5) is 11.9. The molecule has 5 heteroatoms. The van der Waals surface area contributed by atoms with E-state index in [0.717, 1.165) is 12.5 Å². The van der Waals surface area contributed by atoms with Crippen LogP contribution in [0.25, 0.3) is 0 Å². The number of halogens is 3. The first-order valence-electron chi connectivity index (χ1n) is 5.29. The molecule has 0 saturated carbocycles. The van der Waals surface area contributed by atoms with Crippen molar-refractivity contribution in [2.75, 3.05) is 6.54 Å². The molecule has 0 spiro atoms. The summed E-state index contributed by atoms with van der Waals surface area (Å²) in [5.74, 6) is -2.00. The van der Waals surface area contributed by atoms with Gasteiger partial charge in [-0.15, -0.1) is 0 Å². The summed E-state index contributed by atoms with van der Waals surface area (Å²) in [5.41, 5.74) is 0.136. The fraction of sp³-hybridized carbons (Fsp3) is 0.417. The van der Waals surface area contributed by atoms with Crippen LogP contribution in [0.1, 0.15) is 29.3 Å². The number of benzene rings is 1. The van der Waals surface area contributed by atoms with Crippen molar-refractivity contribution in [1.82, 2.24) is 5.32 Å². The Morgan fingerprint density at radius 1 is 1.41 bits per heavy atom. The Bertz CT molecular complexity index is 421. The van der Waals surface area contributed by atoms with Crippen LogP contribution in [0, 0.1) is 18.6 Å². The van der Waals surface area contributed by atoms with Gasteiger partial charge < -0.3 is 5.32 Å². The molecule has 2 nitrogen and oxygen atoms in total. The molecule has 0 bridgehead atoms. The second-order valence-corrected chi connectivity index (χ2v) is 5.47. The highest BCUT2D eigenvalue weighted by Crippen LogP contribution is 2.14. The zero-order valence-corrected chi connectivity index (χ0v) is 11.3. The highest BCUT2D eigenvalue weighted by atomic mass is 79.9. The molecule has 1 amide bonds. The third-order valence-corrected chi connectivity index (χ3v) is 2.78. The third kappa shape index (κ3) is 4.07. The van der Waals surface area contributed by atoms with Gasteiger partial charge in [-0.3, -0.25) is 4.79 Å². The highest BCUT2D eigenvalue weighted by molar-refractivity contribution is 9.09. The Balaban J connectivity index is 2.72. The number of carbonyl (C=O) groups is 1.